The number of phenolic OH excluding ortho intramolecular Hbond substituents is 1. The van der Waals surface area contributed by atoms with Crippen molar-refractivity contribution >= 4 is 46.4 Å². The summed E-state index contributed by atoms with van der Waals surface area (Å²) < 4.78 is 0. The van der Waals surface area contributed by atoms with Crippen LogP contribution >= 0.6 is 23.2 Å². The van der Waals surface area contributed by atoms with Gasteiger partial charge >= 0.3 is 0 Å². The number of amides is 1. The Morgan fingerprint density at radius 2 is 2.07 bits per heavy atom. The van der Waals surface area contributed by atoms with Gasteiger partial charge in [0, 0.05) is 6.54 Å². The lowest BCUT2D eigenvalue weighted by Gasteiger charge is -2.22. The first kappa shape index (κ1) is 17.7. The quantitative estimate of drug-likeness (QED) is 0.823. The zero-order valence-electron chi connectivity index (χ0n) is 14.1. The van der Waals surface area contributed by atoms with Gasteiger partial charge in [0.2, 0.25) is 5.96 Å². The second kappa shape index (κ2) is 6.76. The normalized spacial score (nSPS) is 20.3. The minimum Gasteiger partial charge on any atom is -0.506 e. The van der Waals surface area contributed by atoms with Crippen molar-refractivity contribution in [3.05, 3.63) is 52.0 Å². The summed E-state index contributed by atoms with van der Waals surface area (Å²) in [4.78, 5) is 20.9. The Kier molecular flexibility index (Phi) is 4.42. The molecule has 2 saturated heterocycles. The van der Waals surface area contributed by atoms with Crippen LogP contribution in [0, 0.1) is 11.3 Å². The van der Waals surface area contributed by atoms with Crippen molar-refractivity contribution in [1.82, 2.24) is 4.90 Å². The highest BCUT2D eigenvalue weighted by Gasteiger charge is 2.47. The van der Waals surface area contributed by atoms with Crippen molar-refractivity contribution in [2.24, 2.45) is 4.99 Å². The fourth-order valence-electron chi connectivity index (χ4n) is 3.44. The fraction of sp³-hybridized carbons (Fsp3) is 0.211. The van der Waals surface area contributed by atoms with E-state index in [1.807, 2.05) is 11.0 Å². The Morgan fingerprint density at radius 3 is 2.81 bits per heavy atom. The highest BCUT2D eigenvalue weighted by Crippen LogP contribution is 2.39. The van der Waals surface area contributed by atoms with Crippen LogP contribution in [0.25, 0.3) is 0 Å². The molecule has 4 rings (SSSR count). The molecule has 8 heteroatoms. The number of halogens is 2. The number of rotatable bonds is 2. The predicted octanol–water partition coefficient (Wildman–Crippen LogP) is 4.07. The van der Waals surface area contributed by atoms with Crippen molar-refractivity contribution in [2.75, 3.05) is 11.4 Å². The topological polar surface area (TPSA) is 79.9 Å². The van der Waals surface area contributed by atoms with Gasteiger partial charge in [0.15, 0.2) is 0 Å². The van der Waals surface area contributed by atoms with E-state index < -0.39 is 0 Å². The van der Waals surface area contributed by atoms with Crippen LogP contribution in [-0.4, -0.2) is 34.5 Å². The Labute approximate surface area is 165 Å². The van der Waals surface area contributed by atoms with Crippen LogP contribution < -0.4 is 4.90 Å². The van der Waals surface area contributed by atoms with Crippen LogP contribution in [0.3, 0.4) is 0 Å². The smallest absolute Gasteiger partial charge is 0.256 e. The molecule has 6 nitrogen and oxygen atoms in total. The summed E-state index contributed by atoms with van der Waals surface area (Å²) in [5.74, 6) is 0.143. The Morgan fingerprint density at radius 1 is 1.26 bits per heavy atom. The van der Waals surface area contributed by atoms with Crippen LogP contribution in [0.15, 0.2) is 41.4 Å². The average molecular weight is 401 g/mol. The van der Waals surface area contributed by atoms with E-state index >= 15 is 0 Å². The number of benzene rings is 2. The molecule has 0 bridgehead atoms. The first-order chi connectivity index (χ1) is 13.0. The molecule has 1 unspecified atom stereocenters. The van der Waals surface area contributed by atoms with Gasteiger partial charge in [-0.2, -0.15) is 5.26 Å². The molecule has 2 fully saturated rings. The third kappa shape index (κ3) is 2.89. The number of aromatic hydroxyl groups is 1. The Hall–Kier alpha value is -2.75. The highest BCUT2D eigenvalue weighted by molar-refractivity contribution is 6.45. The van der Waals surface area contributed by atoms with E-state index in [0.717, 1.165) is 12.8 Å². The number of guanidine groups is 1. The summed E-state index contributed by atoms with van der Waals surface area (Å²) in [6.45, 7) is 0.682. The van der Waals surface area contributed by atoms with Gasteiger partial charge in [-0.05, 0) is 43.2 Å². The van der Waals surface area contributed by atoms with Gasteiger partial charge in [-0.1, -0.05) is 29.3 Å². The Balaban J connectivity index is 1.86. The standard InChI is InChI=1S/C19H14Cl2N4O2/c20-12-3-1-4-14(17(12)21)25-18(27)15-5-2-8-24(15)19(25)23-13-7-6-11(10-22)9-16(13)26/h1,3-4,6-7,9,15,26H,2,5,8H2/b23-19+. The lowest BCUT2D eigenvalue weighted by atomic mass is 10.2. The number of hydrogen-bond donors (Lipinski definition) is 1. The monoisotopic (exact) mass is 400 g/mol. The molecule has 0 saturated carbocycles. The van der Waals surface area contributed by atoms with Gasteiger partial charge in [0.1, 0.15) is 17.5 Å². The van der Waals surface area contributed by atoms with E-state index in [1.54, 1.807) is 30.3 Å². The van der Waals surface area contributed by atoms with Crippen LogP contribution in [0.2, 0.25) is 10.0 Å². The van der Waals surface area contributed by atoms with Crippen molar-refractivity contribution in [3.8, 4) is 11.8 Å². The first-order valence-corrected chi connectivity index (χ1v) is 9.13. The molecule has 2 aliphatic rings. The van der Waals surface area contributed by atoms with Crippen LogP contribution in [-0.2, 0) is 4.79 Å². The summed E-state index contributed by atoms with van der Waals surface area (Å²) in [7, 11) is 0. The lowest BCUT2D eigenvalue weighted by molar-refractivity contribution is -0.119. The zero-order chi connectivity index (χ0) is 19.1. The van der Waals surface area contributed by atoms with E-state index in [1.165, 1.54) is 11.0 Å². The SMILES string of the molecule is N#Cc1ccc(/N=C2/N(c3cccc(Cl)c3Cl)C(=O)C3CCCN23)c(O)c1. The highest BCUT2D eigenvalue weighted by atomic mass is 35.5. The maximum Gasteiger partial charge on any atom is 0.256 e. The molecular formula is C19H14Cl2N4O2. The lowest BCUT2D eigenvalue weighted by Crippen LogP contribution is -2.34. The summed E-state index contributed by atoms with van der Waals surface area (Å²) in [5.41, 5.74) is 1.05. The number of carbonyl (C=O) groups excluding carboxylic acids is 1. The van der Waals surface area contributed by atoms with Gasteiger partial charge in [0.25, 0.3) is 5.91 Å². The molecule has 0 aromatic heterocycles. The second-order valence-corrected chi connectivity index (χ2v) is 7.11. The molecule has 0 spiro atoms. The van der Waals surface area contributed by atoms with E-state index in [2.05, 4.69) is 4.99 Å². The maximum absolute atomic E-state index is 13.0. The number of fused-ring (bicyclic) bond motifs is 1. The van der Waals surface area contributed by atoms with Crippen molar-refractivity contribution in [3.63, 3.8) is 0 Å². The van der Waals surface area contributed by atoms with Gasteiger partial charge in [0.05, 0.1) is 27.4 Å². The molecule has 2 heterocycles. The van der Waals surface area contributed by atoms with E-state index in [9.17, 15) is 9.90 Å². The minimum absolute atomic E-state index is 0.122. The van der Waals surface area contributed by atoms with Crippen molar-refractivity contribution in [1.29, 1.82) is 5.26 Å². The van der Waals surface area contributed by atoms with E-state index in [4.69, 9.17) is 28.5 Å². The van der Waals surface area contributed by atoms with Crippen LogP contribution in [0.5, 0.6) is 5.75 Å². The zero-order valence-corrected chi connectivity index (χ0v) is 15.6. The number of anilines is 1. The number of phenols is 1. The molecule has 0 radical (unpaired) electrons. The summed E-state index contributed by atoms with van der Waals surface area (Å²) in [5, 5.41) is 19.8. The third-order valence-corrected chi connectivity index (χ3v) is 5.52. The number of aliphatic imine (C=N–C) groups is 1. The minimum atomic E-state index is -0.306. The molecule has 27 heavy (non-hydrogen) atoms. The van der Waals surface area contributed by atoms with Gasteiger partial charge in [-0.3, -0.25) is 4.79 Å². The predicted molar refractivity (Wildman–Crippen MR) is 104 cm³/mol. The molecule has 0 aliphatic carbocycles. The molecule has 2 aromatic rings. The number of carbonyl (C=O) groups is 1. The molecule has 2 aliphatic heterocycles. The van der Waals surface area contributed by atoms with Crippen LogP contribution in [0.1, 0.15) is 18.4 Å². The number of hydrogen-bond acceptors (Lipinski definition) is 4. The van der Waals surface area contributed by atoms with Gasteiger partial charge in [-0.25, -0.2) is 9.89 Å². The van der Waals surface area contributed by atoms with Gasteiger partial charge in [-0.15, -0.1) is 0 Å². The van der Waals surface area contributed by atoms with E-state index in [0.29, 0.717) is 28.8 Å². The number of nitriles is 1. The molecule has 2 aromatic carbocycles. The Bertz CT molecular complexity index is 1020. The van der Waals surface area contributed by atoms with Crippen molar-refractivity contribution < 1.29 is 9.90 Å². The molecule has 1 amide bonds. The molecule has 136 valence electrons. The second-order valence-electron chi connectivity index (χ2n) is 6.33. The third-order valence-electron chi connectivity index (χ3n) is 4.71. The van der Waals surface area contributed by atoms with Crippen molar-refractivity contribution in [2.45, 2.75) is 18.9 Å². The first-order valence-electron chi connectivity index (χ1n) is 8.37. The largest absolute Gasteiger partial charge is 0.506 e. The van der Waals surface area contributed by atoms with Gasteiger partial charge < -0.3 is 10.0 Å². The number of nitrogens with zero attached hydrogens (tertiary/aromatic N) is 4. The summed E-state index contributed by atoms with van der Waals surface area (Å²) in [6.07, 6.45) is 1.61. The fourth-order valence-corrected chi connectivity index (χ4v) is 3.82. The molecule has 1 N–H and O–H groups in total. The maximum atomic E-state index is 13.0. The summed E-state index contributed by atoms with van der Waals surface area (Å²) >= 11 is 12.5. The average Bonchev–Trinajstić information content (AvgIpc) is 3.23. The van der Waals surface area contributed by atoms with Crippen LogP contribution in [0.4, 0.5) is 11.4 Å². The molecule has 1 atom stereocenters. The molecular weight excluding hydrogens is 387 g/mol. The summed E-state index contributed by atoms with van der Waals surface area (Å²) in [6, 6.07) is 11.2. The van der Waals surface area contributed by atoms with E-state index in [-0.39, 0.29) is 28.4 Å².